The normalized spacial score (nSPS) is 13.6. The summed E-state index contributed by atoms with van der Waals surface area (Å²) >= 11 is 0. The number of carbonyl (C=O) groups is 1. The van der Waals surface area contributed by atoms with E-state index < -0.39 is 11.7 Å². The van der Waals surface area contributed by atoms with E-state index in [1.165, 1.54) is 17.1 Å². The molecule has 0 aliphatic carbocycles. The molecule has 0 aliphatic heterocycles. The molecule has 1 heterocycles. The number of hydrogen-bond acceptors (Lipinski definition) is 5. The molecular weight excluding hydrogens is 210 g/mol. The molecule has 0 spiro atoms. The number of nitrogens with zero attached hydrogens (tertiary/aromatic N) is 2. The van der Waals surface area contributed by atoms with E-state index in [2.05, 4.69) is 9.82 Å². The highest BCUT2D eigenvalue weighted by Gasteiger charge is 2.19. The summed E-state index contributed by atoms with van der Waals surface area (Å²) in [5.41, 5.74) is 0.0469. The first-order valence-electron chi connectivity index (χ1n) is 4.96. The van der Waals surface area contributed by atoms with Crippen LogP contribution >= 0.6 is 0 Å². The van der Waals surface area contributed by atoms with Gasteiger partial charge in [-0.2, -0.15) is 0 Å². The van der Waals surface area contributed by atoms with Crippen LogP contribution in [0, 0.1) is 0 Å². The van der Waals surface area contributed by atoms with Crippen LogP contribution in [0.25, 0.3) is 0 Å². The van der Waals surface area contributed by atoms with Crippen LogP contribution < -0.4 is 5.90 Å². The molecule has 0 fully saturated rings. The number of ether oxygens (including phenoxy) is 1. The summed E-state index contributed by atoms with van der Waals surface area (Å²) in [7, 11) is 0. The second-order valence-electron chi connectivity index (χ2n) is 4.46. The minimum Gasteiger partial charge on any atom is -0.443 e. The third-order valence-corrected chi connectivity index (χ3v) is 1.83. The summed E-state index contributed by atoms with van der Waals surface area (Å²) in [5, 5.41) is 0. The molecule has 1 atom stereocenters. The Morgan fingerprint density at radius 1 is 1.56 bits per heavy atom. The molecule has 1 aromatic heterocycles. The molecule has 0 saturated carbocycles. The summed E-state index contributed by atoms with van der Waals surface area (Å²) in [4.78, 5) is 20.2. The standard InChI is InChI=1S/C10H17N3O3/c1-7(16-11)8-5-13(6-12-8)9(14)15-10(2,3)4/h5-7H,11H2,1-4H3. The Morgan fingerprint density at radius 3 is 2.69 bits per heavy atom. The predicted molar refractivity (Wildman–Crippen MR) is 57.5 cm³/mol. The third-order valence-electron chi connectivity index (χ3n) is 1.83. The summed E-state index contributed by atoms with van der Waals surface area (Å²) in [6.07, 6.45) is 2.07. The second kappa shape index (κ2) is 4.63. The van der Waals surface area contributed by atoms with E-state index in [4.69, 9.17) is 10.6 Å². The van der Waals surface area contributed by atoms with Crippen LogP contribution in [0.4, 0.5) is 4.79 Å². The van der Waals surface area contributed by atoms with Crippen LogP contribution in [-0.4, -0.2) is 21.2 Å². The lowest BCUT2D eigenvalue weighted by molar-refractivity contribution is 0.0532. The average Bonchev–Trinajstić information content (AvgIpc) is 2.62. The lowest BCUT2D eigenvalue weighted by Gasteiger charge is -2.19. The summed E-state index contributed by atoms with van der Waals surface area (Å²) in [5.74, 6) is 5.03. The van der Waals surface area contributed by atoms with Crippen molar-refractivity contribution in [3.8, 4) is 0 Å². The zero-order valence-electron chi connectivity index (χ0n) is 9.93. The number of carbonyl (C=O) groups excluding carboxylic acids is 1. The van der Waals surface area contributed by atoms with Crippen molar-refractivity contribution in [2.24, 2.45) is 5.90 Å². The van der Waals surface area contributed by atoms with Gasteiger partial charge in [0.25, 0.3) is 0 Å². The van der Waals surface area contributed by atoms with Crippen LogP contribution in [0.3, 0.4) is 0 Å². The Balaban J connectivity index is 2.75. The topological polar surface area (TPSA) is 79.4 Å². The molecule has 0 aromatic carbocycles. The van der Waals surface area contributed by atoms with Crippen molar-refractivity contribution in [3.05, 3.63) is 18.2 Å². The molecule has 1 aromatic rings. The third kappa shape index (κ3) is 3.32. The van der Waals surface area contributed by atoms with E-state index >= 15 is 0 Å². The molecule has 0 amide bonds. The molecule has 0 aliphatic rings. The van der Waals surface area contributed by atoms with Gasteiger partial charge in [0, 0.05) is 6.20 Å². The Morgan fingerprint density at radius 2 is 2.19 bits per heavy atom. The zero-order chi connectivity index (χ0) is 12.3. The molecule has 0 bridgehead atoms. The van der Waals surface area contributed by atoms with E-state index in [1.54, 1.807) is 27.7 Å². The van der Waals surface area contributed by atoms with Crippen molar-refractivity contribution in [2.75, 3.05) is 0 Å². The molecule has 90 valence electrons. The van der Waals surface area contributed by atoms with E-state index in [0.717, 1.165) is 0 Å². The van der Waals surface area contributed by atoms with E-state index in [0.29, 0.717) is 5.69 Å². The fourth-order valence-corrected chi connectivity index (χ4v) is 1.03. The largest absolute Gasteiger partial charge is 0.443 e. The van der Waals surface area contributed by atoms with Gasteiger partial charge in [0.15, 0.2) is 0 Å². The Labute approximate surface area is 94.3 Å². The first-order valence-corrected chi connectivity index (χ1v) is 4.96. The lowest BCUT2D eigenvalue weighted by atomic mass is 10.2. The maximum Gasteiger partial charge on any atom is 0.419 e. The zero-order valence-corrected chi connectivity index (χ0v) is 9.93. The van der Waals surface area contributed by atoms with Gasteiger partial charge in [-0.15, -0.1) is 0 Å². The average molecular weight is 227 g/mol. The van der Waals surface area contributed by atoms with E-state index in [1.807, 2.05) is 0 Å². The van der Waals surface area contributed by atoms with Gasteiger partial charge in [-0.05, 0) is 27.7 Å². The number of aromatic nitrogens is 2. The first-order chi connectivity index (χ1) is 7.33. The van der Waals surface area contributed by atoms with Crippen LogP contribution in [-0.2, 0) is 9.57 Å². The molecule has 6 heteroatoms. The quantitative estimate of drug-likeness (QED) is 0.776. The molecule has 1 rings (SSSR count). The SMILES string of the molecule is CC(ON)c1cn(C(=O)OC(C)(C)C)cn1. The van der Waals surface area contributed by atoms with Crippen molar-refractivity contribution in [1.29, 1.82) is 0 Å². The summed E-state index contributed by atoms with van der Waals surface area (Å²) in [6, 6.07) is 0. The van der Waals surface area contributed by atoms with Crippen molar-refractivity contribution in [1.82, 2.24) is 9.55 Å². The van der Waals surface area contributed by atoms with Gasteiger partial charge in [0.1, 0.15) is 18.0 Å². The van der Waals surface area contributed by atoms with Crippen LogP contribution in [0.2, 0.25) is 0 Å². The maximum atomic E-state index is 11.6. The molecule has 16 heavy (non-hydrogen) atoms. The number of rotatable bonds is 2. The van der Waals surface area contributed by atoms with Crippen LogP contribution in [0.5, 0.6) is 0 Å². The van der Waals surface area contributed by atoms with Crippen molar-refractivity contribution in [2.45, 2.75) is 39.4 Å². The summed E-state index contributed by atoms with van der Waals surface area (Å²) < 4.78 is 6.42. The molecular formula is C10H17N3O3. The fraction of sp³-hybridized carbons (Fsp3) is 0.600. The molecule has 1 unspecified atom stereocenters. The Kier molecular flexibility index (Phi) is 3.66. The Hall–Kier alpha value is -1.40. The van der Waals surface area contributed by atoms with Crippen molar-refractivity contribution >= 4 is 6.09 Å². The molecule has 0 saturated heterocycles. The number of nitrogens with two attached hydrogens (primary N) is 1. The van der Waals surface area contributed by atoms with Crippen LogP contribution in [0.15, 0.2) is 12.5 Å². The highest BCUT2D eigenvalue weighted by molar-refractivity contribution is 5.70. The highest BCUT2D eigenvalue weighted by atomic mass is 16.6. The van der Waals surface area contributed by atoms with Crippen molar-refractivity contribution < 1.29 is 14.4 Å². The molecule has 0 radical (unpaired) electrons. The van der Waals surface area contributed by atoms with Gasteiger partial charge in [-0.1, -0.05) is 0 Å². The Bertz CT molecular complexity index is 368. The second-order valence-corrected chi connectivity index (χ2v) is 4.46. The van der Waals surface area contributed by atoms with Crippen LogP contribution in [0.1, 0.15) is 39.5 Å². The molecule has 2 N–H and O–H groups in total. The van der Waals surface area contributed by atoms with Gasteiger partial charge in [-0.3, -0.25) is 4.84 Å². The maximum absolute atomic E-state index is 11.6. The summed E-state index contributed by atoms with van der Waals surface area (Å²) in [6.45, 7) is 7.14. The highest BCUT2D eigenvalue weighted by Crippen LogP contribution is 2.13. The van der Waals surface area contributed by atoms with Gasteiger partial charge >= 0.3 is 6.09 Å². The van der Waals surface area contributed by atoms with E-state index in [-0.39, 0.29) is 6.10 Å². The number of imidazole rings is 1. The predicted octanol–water partition coefficient (Wildman–Crippen LogP) is 1.62. The van der Waals surface area contributed by atoms with Gasteiger partial charge in [0.05, 0.1) is 5.69 Å². The lowest BCUT2D eigenvalue weighted by Crippen LogP contribution is -2.26. The molecule has 6 nitrogen and oxygen atoms in total. The van der Waals surface area contributed by atoms with Gasteiger partial charge in [0.2, 0.25) is 0 Å². The fourth-order valence-electron chi connectivity index (χ4n) is 1.03. The van der Waals surface area contributed by atoms with Gasteiger partial charge < -0.3 is 4.74 Å². The first kappa shape index (κ1) is 12.7. The number of hydrogen-bond donors (Lipinski definition) is 1. The van der Waals surface area contributed by atoms with E-state index in [9.17, 15) is 4.79 Å². The smallest absolute Gasteiger partial charge is 0.419 e. The van der Waals surface area contributed by atoms with Gasteiger partial charge in [-0.25, -0.2) is 20.2 Å². The minimum atomic E-state index is -0.530. The van der Waals surface area contributed by atoms with Crippen molar-refractivity contribution in [3.63, 3.8) is 0 Å². The monoisotopic (exact) mass is 227 g/mol. The minimum absolute atomic E-state index is 0.358.